The molecule has 1 saturated heterocycles. The zero-order valence-corrected chi connectivity index (χ0v) is 17.1. The van der Waals surface area contributed by atoms with Crippen LogP contribution >= 0.6 is 11.8 Å². The van der Waals surface area contributed by atoms with Gasteiger partial charge in [0.05, 0.1) is 11.0 Å². The van der Waals surface area contributed by atoms with Crippen LogP contribution in [0.2, 0.25) is 0 Å². The highest BCUT2D eigenvalue weighted by molar-refractivity contribution is 8.01. The summed E-state index contributed by atoms with van der Waals surface area (Å²) >= 11 is 1.27. The Labute approximate surface area is 169 Å². The Balaban J connectivity index is 1.40. The van der Waals surface area contributed by atoms with E-state index < -0.39 is 0 Å². The number of rotatable bonds is 8. The van der Waals surface area contributed by atoms with E-state index >= 15 is 0 Å². The highest BCUT2D eigenvalue weighted by Crippen LogP contribution is 2.17. The Bertz CT molecular complexity index is 800. The summed E-state index contributed by atoms with van der Waals surface area (Å²) in [5.74, 6) is 0.864. The van der Waals surface area contributed by atoms with Crippen LogP contribution in [0.5, 0.6) is 0 Å². The quantitative estimate of drug-likeness (QED) is 0.705. The SMILES string of the molecule is Cc1cc(NC(=O)[C@H](C)SCC(=O)Nc2ccc(CN3CCCC3)cc2)no1. The van der Waals surface area contributed by atoms with Gasteiger partial charge in [-0.1, -0.05) is 17.3 Å². The lowest BCUT2D eigenvalue weighted by molar-refractivity contribution is -0.115. The van der Waals surface area contributed by atoms with Crippen LogP contribution in [0, 0.1) is 6.92 Å². The normalized spacial score (nSPS) is 15.4. The highest BCUT2D eigenvalue weighted by Gasteiger charge is 2.17. The van der Waals surface area contributed by atoms with Gasteiger partial charge < -0.3 is 15.2 Å². The molecule has 1 aliphatic rings. The van der Waals surface area contributed by atoms with Crippen molar-refractivity contribution in [2.75, 3.05) is 29.5 Å². The van der Waals surface area contributed by atoms with Crippen LogP contribution in [0.1, 0.15) is 31.1 Å². The van der Waals surface area contributed by atoms with Gasteiger partial charge in [0.25, 0.3) is 0 Å². The second-order valence-corrected chi connectivity index (χ2v) is 8.32. The molecule has 0 saturated carbocycles. The molecule has 0 unspecified atom stereocenters. The minimum absolute atomic E-state index is 0.130. The maximum Gasteiger partial charge on any atom is 0.238 e. The highest BCUT2D eigenvalue weighted by atomic mass is 32.2. The Hall–Kier alpha value is -2.32. The molecule has 1 aromatic carbocycles. The monoisotopic (exact) mass is 402 g/mol. The molecule has 7 nitrogen and oxygen atoms in total. The maximum absolute atomic E-state index is 12.2. The first-order valence-electron chi connectivity index (χ1n) is 9.46. The minimum Gasteiger partial charge on any atom is -0.360 e. The van der Waals surface area contributed by atoms with Gasteiger partial charge >= 0.3 is 0 Å². The van der Waals surface area contributed by atoms with E-state index in [0.29, 0.717) is 11.6 Å². The number of aryl methyl sites for hydroxylation is 1. The number of thioether (sulfide) groups is 1. The van der Waals surface area contributed by atoms with E-state index in [4.69, 9.17) is 4.52 Å². The summed E-state index contributed by atoms with van der Waals surface area (Å²) in [6.45, 7) is 6.80. The fourth-order valence-electron chi connectivity index (χ4n) is 3.02. The molecule has 1 aromatic heterocycles. The molecule has 1 aliphatic heterocycles. The van der Waals surface area contributed by atoms with Gasteiger partial charge in [0.15, 0.2) is 5.82 Å². The number of amides is 2. The maximum atomic E-state index is 12.2. The second-order valence-electron chi connectivity index (χ2n) is 6.99. The summed E-state index contributed by atoms with van der Waals surface area (Å²) in [5, 5.41) is 8.90. The van der Waals surface area contributed by atoms with Crippen molar-refractivity contribution in [1.29, 1.82) is 0 Å². The third-order valence-electron chi connectivity index (χ3n) is 4.56. The third-order valence-corrected chi connectivity index (χ3v) is 5.70. The van der Waals surface area contributed by atoms with Crippen LogP contribution in [0.15, 0.2) is 34.9 Å². The molecule has 0 aliphatic carbocycles. The van der Waals surface area contributed by atoms with E-state index in [1.165, 1.54) is 30.2 Å². The summed E-state index contributed by atoms with van der Waals surface area (Å²) in [6, 6.07) is 9.61. The Morgan fingerprint density at radius 3 is 2.57 bits per heavy atom. The average Bonchev–Trinajstić information content (AvgIpc) is 3.33. The topological polar surface area (TPSA) is 87.5 Å². The summed E-state index contributed by atoms with van der Waals surface area (Å²) < 4.78 is 4.92. The molecule has 8 heteroatoms. The van der Waals surface area contributed by atoms with E-state index in [1.54, 1.807) is 19.9 Å². The molecule has 1 atom stereocenters. The molecule has 2 amide bonds. The molecule has 0 radical (unpaired) electrons. The van der Waals surface area contributed by atoms with Crippen molar-refractivity contribution < 1.29 is 14.1 Å². The van der Waals surface area contributed by atoms with Crippen molar-refractivity contribution in [2.45, 2.75) is 38.5 Å². The molecule has 150 valence electrons. The van der Waals surface area contributed by atoms with Crippen molar-refractivity contribution in [3.63, 3.8) is 0 Å². The van der Waals surface area contributed by atoms with Crippen LogP contribution < -0.4 is 10.6 Å². The first-order chi connectivity index (χ1) is 13.5. The zero-order chi connectivity index (χ0) is 19.9. The fraction of sp³-hybridized carbons (Fsp3) is 0.450. The largest absolute Gasteiger partial charge is 0.360 e. The molecular weight excluding hydrogens is 376 g/mol. The number of anilines is 2. The van der Waals surface area contributed by atoms with E-state index in [9.17, 15) is 9.59 Å². The van der Waals surface area contributed by atoms with Crippen molar-refractivity contribution in [2.24, 2.45) is 0 Å². The van der Waals surface area contributed by atoms with Crippen LogP contribution in [-0.2, 0) is 16.1 Å². The number of hydrogen-bond acceptors (Lipinski definition) is 6. The third kappa shape index (κ3) is 6.10. The smallest absolute Gasteiger partial charge is 0.238 e. The molecule has 2 heterocycles. The van der Waals surface area contributed by atoms with Gasteiger partial charge in [-0.25, -0.2) is 0 Å². The lowest BCUT2D eigenvalue weighted by Crippen LogP contribution is -2.25. The first kappa shape index (κ1) is 20.4. The molecule has 3 rings (SSSR count). The molecule has 0 spiro atoms. The number of carbonyl (C=O) groups excluding carboxylic acids is 2. The molecule has 2 N–H and O–H groups in total. The number of nitrogens with one attached hydrogen (secondary N) is 2. The van der Waals surface area contributed by atoms with Crippen molar-refractivity contribution in [1.82, 2.24) is 10.1 Å². The minimum atomic E-state index is -0.384. The molecule has 28 heavy (non-hydrogen) atoms. The molecule has 0 bridgehead atoms. The summed E-state index contributed by atoms with van der Waals surface area (Å²) in [5.41, 5.74) is 2.02. The van der Waals surface area contributed by atoms with Gasteiger partial charge in [-0.2, -0.15) is 0 Å². The summed E-state index contributed by atoms with van der Waals surface area (Å²) in [6.07, 6.45) is 2.56. The van der Waals surface area contributed by atoms with E-state index in [2.05, 4.69) is 32.8 Å². The molecular formula is C20H26N4O3S. The van der Waals surface area contributed by atoms with E-state index in [0.717, 1.165) is 25.3 Å². The standard InChI is InChI=1S/C20H26N4O3S/c1-14-11-18(23-27-14)22-20(26)15(2)28-13-19(25)21-17-7-5-16(6-8-17)12-24-9-3-4-10-24/h5-8,11,15H,3-4,9-10,12-13H2,1-2H3,(H,21,25)(H,22,23,26)/t15-/m0/s1. The number of nitrogens with zero attached hydrogens (tertiary/aromatic N) is 2. The van der Waals surface area contributed by atoms with E-state index in [1.807, 2.05) is 12.1 Å². The van der Waals surface area contributed by atoms with E-state index in [-0.39, 0.29) is 22.8 Å². The van der Waals surface area contributed by atoms with Crippen molar-refractivity contribution >= 4 is 35.1 Å². The second kappa shape index (κ2) is 9.75. The van der Waals surface area contributed by atoms with Gasteiger partial charge in [-0.15, -0.1) is 11.8 Å². The predicted octanol–water partition coefficient (Wildman–Crippen LogP) is 3.28. The Morgan fingerprint density at radius 2 is 1.93 bits per heavy atom. The Morgan fingerprint density at radius 1 is 1.21 bits per heavy atom. The van der Waals surface area contributed by atoms with Gasteiger partial charge in [0.1, 0.15) is 5.76 Å². The molecule has 2 aromatic rings. The average molecular weight is 403 g/mol. The number of aromatic nitrogens is 1. The van der Waals surface area contributed by atoms with Gasteiger partial charge in [-0.3, -0.25) is 14.5 Å². The van der Waals surface area contributed by atoms with Crippen molar-refractivity contribution in [3.8, 4) is 0 Å². The van der Waals surface area contributed by atoms with Gasteiger partial charge in [0.2, 0.25) is 11.8 Å². The van der Waals surface area contributed by atoms with Crippen molar-refractivity contribution in [3.05, 3.63) is 41.7 Å². The van der Waals surface area contributed by atoms with Gasteiger partial charge in [0, 0.05) is 18.3 Å². The number of likely N-dealkylation sites (tertiary alicyclic amines) is 1. The number of benzene rings is 1. The van der Waals surface area contributed by atoms with Crippen LogP contribution in [0.25, 0.3) is 0 Å². The first-order valence-corrected chi connectivity index (χ1v) is 10.5. The summed E-state index contributed by atoms with van der Waals surface area (Å²) in [4.78, 5) is 26.7. The lowest BCUT2D eigenvalue weighted by atomic mass is 10.2. The Kier molecular flexibility index (Phi) is 7.11. The predicted molar refractivity (Wildman–Crippen MR) is 111 cm³/mol. The van der Waals surface area contributed by atoms with Crippen LogP contribution in [0.3, 0.4) is 0 Å². The van der Waals surface area contributed by atoms with Crippen LogP contribution in [-0.4, -0.2) is 46.0 Å². The molecule has 1 fully saturated rings. The van der Waals surface area contributed by atoms with Crippen LogP contribution in [0.4, 0.5) is 11.5 Å². The summed E-state index contributed by atoms with van der Waals surface area (Å²) in [7, 11) is 0. The number of carbonyl (C=O) groups is 2. The lowest BCUT2D eigenvalue weighted by Gasteiger charge is -2.15. The van der Waals surface area contributed by atoms with Gasteiger partial charge in [-0.05, 0) is 57.5 Å². The number of hydrogen-bond donors (Lipinski definition) is 2. The fourth-order valence-corrected chi connectivity index (χ4v) is 3.70. The zero-order valence-electron chi connectivity index (χ0n) is 16.2.